The van der Waals surface area contributed by atoms with Gasteiger partial charge in [-0.1, -0.05) is 96.8 Å². The third-order valence-corrected chi connectivity index (χ3v) is 4.63. The highest BCUT2D eigenvalue weighted by molar-refractivity contribution is 5.69. The molecule has 0 aliphatic carbocycles. The van der Waals surface area contributed by atoms with Gasteiger partial charge in [-0.25, -0.2) is 0 Å². The number of nitrogens with zero attached hydrogens (tertiary/aromatic N) is 2. The van der Waals surface area contributed by atoms with E-state index in [1.165, 1.54) is 83.5 Å². The second-order valence-electron chi connectivity index (χ2n) is 8.80. The standard InChI is InChI=1S/C21H42O4.C3H9N.HNO3/c1-2-3-4-5-6-7-8-9-10-11-12-13-14-15-16-17-21(24)25-19-20(23)18-22;1-4(2)3;2-1(3)4/h20,22-23H,2-19H2,1H3;1-3H3;(H,2,3,4). The predicted molar refractivity (Wildman–Crippen MR) is 132 cm³/mol. The van der Waals surface area contributed by atoms with Crippen molar-refractivity contribution in [2.24, 2.45) is 0 Å². The Morgan fingerprint density at radius 2 is 1.15 bits per heavy atom. The Morgan fingerprint density at radius 3 is 1.45 bits per heavy atom. The lowest BCUT2D eigenvalue weighted by Gasteiger charge is -2.08. The van der Waals surface area contributed by atoms with Crippen LogP contribution < -0.4 is 0 Å². The normalized spacial score (nSPS) is 11.1. The van der Waals surface area contributed by atoms with Crippen molar-refractivity contribution in [1.82, 2.24) is 4.90 Å². The third kappa shape index (κ3) is 49.0. The minimum absolute atomic E-state index is 0.103. The number of ether oxygens (including phenoxy) is 1. The molecule has 0 saturated heterocycles. The lowest BCUT2D eigenvalue weighted by molar-refractivity contribution is -0.742. The molecule has 0 aromatic heterocycles. The van der Waals surface area contributed by atoms with Crippen LogP contribution in [0.4, 0.5) is 0 Å². The second kappa shape index (κ2) is 30.6. The maximum Gasteiger partial charge on any atom is 0.305 e. The molecule has 0 amide bonds. The first kappa shape index (κ1) is 36.1. The summed E-state index contributed by atoms with van der Waals surface area (Å²) in [6, 6.07) is 0. The molecule has 0 aromatic carbocycles. The Kier molecular flexibility index (Phi) is 33.4. The van der Waals surface area contributed by atoms with Gasteiger partial charge in [-0.3, -0.25) is 4.79 Å². The lowest BCUT2D eigenvalue weighted by Crippen LogP contribution is -2.21. The average molecular weight is 481 g/mol. The van der Waals surface area contributed by atoms with Crippen LogP contribution in [-0.4, -0.2) is 71.8 Å². The van der Waals surface area contributed by atoms with E-state index in [2.05, 4.69) is 6.92 Å². The van der Waals surface area contributed by atoms with E-state index >= 15 is 0 Å². The summed E-state index contributed by atoms with van der Waals surface area (Å²) in [5.41, 5.74) is 0. The highest BCUT2D eigenvalue weighted by Crippen LogP contribution is 2.13. The molecule has 0 aliphatic heterocycles. The van der Waals surface area contributed by atoms with Gasteiger partial charge in [0.25, 0.3) is 5.09 Å². The number of unbranched alkanes of at least 4 members (excludes halogenated alkanes) is 14. The van der Waals surface area contributed by atoms with Crippen molar-refractivity contribution in [2.75, 3.05) is 34.4 Å². The summed E-state index contributed by atoms with van der Waals surface area (Å²) in [6.07, 6.45) is 19.0. The number of hydrogen-bond acceptors (Lipinski definition) is 7. The maximum atomic E-state index is 11.4. The zero-order valence-electron chi connectivity index (χ0n) is 21.7. The van der Waals surface area contributed by atoms with Crippen LogP contribution in [0.2, 0.25) is 0 Å². The van der Waals surface area contributed by atoms with E-state index in [4.69, 9.17) is 30.3 Å². The molecule has 0 heterocycles. The first-order valence-corrected chi connectivity index (χ1v) is 12.6. The molecule has 0 aliphatic rings. The third-order valence-electron chi connectivity index (χ3n) is 4.63. The molecule has 1 atom stereocenters. The minimum Gasteiger partial charge on any atom is -0.463 e. The summed E-state index contributed by atoms with van der Waals surface area (Å²) in [6.45, 7) is 1.79. The van der Waals surface area contributed by atoms with Crippen molar-refractivity contribution in [3.05, 3.63) is 10.1 Å². The van der Waals surface area contributed by atoms with Gasteiger partial charge < -0.3 is 25.1 Å². The molecule has 33 heavy (non-hydrogen) atoms. The van der Waals surface area contributed by atoms with Crippen molar-refractivity contribution in [3.8, 4) is 0 Å². The van der Waals surface area contributed by atoms with Crippen LogP contribution in [0, 0.1) is 10.1 Å². The van der Waals surface area contributed by atoms with Crippen molar-refractivity contribution < 1.29 is 30.0 Å². The van der Waals surface area contributed by atoms with Crippen LogP contribution in [-0.2, 0) is 9.53 Å². The van der Waals surface area contributed by atoms with Gasteiger partial charge in [0, 0.05) is 6.42 Å². The van der Waals surface area contributed by atoms with Crippen molar-refractivity contribution >= 4 is 5.97 Å². The van der Waals surface area contributed by atoms with Crippen LogP contribution in [0.1, 0.15) is 110 Å². The van der Waals surface area contributed by atoms with Gasteiger partial charge in [0.15, 0.2) is 0 Å². The summed E-state index contributed by atoms with van der Waals surface area (Å²) < 4.78 is 4.86. The van der Waals surface area contributed by atoms with Crippen molar-refractivity contribution in [1.29, 1.82) is 0 Å². The monoisotopic (exact) mass is 480 g/mol. The summed E-state index contributed by atoms with van der Waals surface area (Å²) in [5, 5.41) is 31.3. The summed E-state index contributed by atoms with van der Waals surface area (Å²) in [4.78, 5) is 21.7. The number of hydrogen-bond donors (Lipinski definition) is 3. The van der Waals surface area contributed by atoms with Gasteiger partial charge in [-0.05, 0) is 27.6 Å². The average Bonchev–Trinajstić information content (AvgIpc) is 2.74. The number of carbonyl (C=O) groups excluding carboxylic acids is 1. The second-order valence-corrected chi connectivity index (χ2v) is 8.80. The van der Waals surface area contributed by atoms with Crippen molar-refractivity contribution in [2.45, 2.75) is 116 Å². The van der Waals surface area contributed by atoms with Gasteiger partial charge in [-0.15, -0.1) is 10.1 Å². The van der Waals surface area contributed by atoms with Crippen LogP contribution in [0.5, 0.6) is 0 Å². The van der Waals surface area contributed by atoms with Crippen molar-refractivity contribution in [3.63, 3.8) is 0 Å². The van der Waals surface area contributed by atoms with Gasteiger partial charge in [0.2, 0.25) is 0 Å². The Morgan fingerprint density at radius 1 is 0.848 bits per heavy atom. The summed E-state index contributed by atoms with van der Waals surface area (Å²) >= 11 is 0. The Labute approximate surface area is 201 Å². The zero-order valence-corrected chi connectivity index (χ0v) is 21.7. The molecule has 0 radical (unpaired) electrons. The fourth-order valence-corrected chi connectivity index (χ4v) is 2.95. The largest absolute Gasteiger partial charge is 0.463 e. The SMILES string of the molecule is CCCCCCCCCCCCCCCCCC(=O)OCC(O)CO.CN(C)C.O=[N+]([O-])O. The van der Waals surface area contributed by atoms with E-state index in [9.17, 15) is 4.79 Å². The first-order valence-electron chi connectivity index (χ1n) is 12.6. The zero-order chi connectivity index (χ0) is 25.7. The lowest BCUT2D eigenvalue weighted by atomic mass is 10.0. The topological polar surface area (TPSA) is 133 Å². The number of esters is 1. The van der Waals surface area contributed by atoms with E-state index < -0.39 is 11.2 Å². The Bertz CT molecular complexity index is 404. The number of aliphatic hydroxyl groups excluding tert-OH is 2. The smallest absolute Gasteiger partial charge is 0.305 e. The number of rotatable bonds is 19. The highest BCUT2D eigenvalue weighted by Gasteiger charge is 2.07. The van der Waals surface area contributed by atoms with E-state index in [-0.39, 0.29) is 19.2 Å². The molecule has 1 unspecified atom stereocenters. The molecular weight excluding hydrogens is 428 g/mol. The van der Waals surface area contributed by atoms with E-state index in [1.54, 1.807) is 0 Å². The molecule has 9 heteroatoms. The quantitative estimate of drug-likeness (QED) is 0.102. The molecule has 0 saturated carbocycles. The molecule has 200 valence electrons. The molecule has 0 fully saturated rings. The van der Waals surface area contributed by atoms with Gasteiger partial charge >= 0.3 is 5.97 Å². The van der Waals surface area contributed by atoms with Crippen LogP contribution in [0.15, 0.2) is 0 Å². The Hall–Kier alpha value is -1.45. The highest BCUT2D eigenvalue weighted by atomic mass is 16.9. The summed E-state index contributed by atoms with van der Waals surface area (Å²) in [7, 11) is 6.00. The molecule has 0 spiro atoms. The van der Waals surface area contributed by atoms with E-state index in [0.717, 1.165) is 12.8 Å². The maximum absolute atomic E-state index is 11.4. The Balaban J connectivity index is -0.000000962. The van der Waals surface area contributed by atoms with Gasteiger partial charge in [0.05, 0.1) is 6.61 Å². The van der Waals surface area contributed by atoms with Gasteiger partial charge in [0.1, 0.15) is 12.7 Å². The predicted octanol–water partition coefficient (Wildman–Crippen LogP) is 4.97. The van der Waals surface area contributed by atoms with Gasteiger partial charge in [-0.2, -0.15) is 0 Å². The first-order chi connectivity index (χ1) is 15.7. The molecule has 0 aromatic rings. The number of aliphatic hydroxyl groups is 2. The van der Waals surface area contributed by atoms with Crippen LogP contribution >= 0.6 is 0 Å². The molecular formula is C24H52N2O7. The van der Waals surface area contributed by atoms with Crippen LogP contribution in [0.3, 0.4) is 0 Å². The molecule has 9 nitrogen and oxygen atoms in total. The molecule has 0 bridgehead atoms. The van der Waals surface area contributed by atoms with Crippen LogP contribution in [0.25, 0.3) is 0 Å². The summed E-state index contributed by atoms with van der Waals surface area (Å²) in [5.74, 6) is -0.276. The molecule has 0 rings (SSSR count). The number of carbonyl (C=O) groups is 1. The fraction of sp³-hybridized carbons (Fsp3) is 0.958. The van der Waals surface area contributed by atoms with E-state index in [0.29, 0.717) is 6.42 Å². The van der Waals surface area contributed by atoms with E-state index in [1.807, 2.05) is 26.0 Å². The molecule has 3 N–H and O–H groups in total. The fourth-order valence-electron chi connectivity index (χ4n) is 2.95. The minimum atomic E-state index is -1.50.